The smallest absolute Gasteiger partial charge is 0.138 e. The van der Waals surface area contributed by atoms with Crippen LogP contribution >= 0.6 is 0 Å². The highest BCUT2D eigenvalue weighted by molar-refractivity contribution is 6.19. The van der Waals surface area contributed by atoms with E-state index in [2.05, 4.69) is 173 Å². The monoisotopic (exact) mass is 561 g/mol. The summed E-state index contributed by atoms with van der Waals surface area (Å²) in [5.74, 6) is 0.905. The highest BCUT2D eigenvalue weighted by atomic mass is 15.1. The first-order valence-electron chi connectivity index (χ1n) is 15.0. The number of hydrogen-bond donors (Lipinski definition) is 0. The zero-order valence-electron chi connectivity index (χ0n) is 23.9. The fraction of sp³-hybridized carbons (Fsp3) is 0. The molecule has 0 fully saturated rings. The summed E-state index contributed by atoms with van der Waals surface area (Å²) in [6.45, 7) is 0. The minimum atomic E-state index is 0.905. The summed E-state index contributed by atoms with van der Waals surface area (Å²) in [4.78, 5) is 5.32. The summed E-state index contributed by atoms with van der Waals surface area (Å²) >= 11 is 0. The van der Waals surface area contributed by atoms with E-state index in [1.54, 1.807) is 0 Å². The Morgan fingerprint density at radius 1 is 0.341 bits per heavy atom. The van der Waals surface area contributed by atoms with Crippen LogP contribution in [0.5, 0.6) is 0 Å². The van der Waals surface area contributed by atoms with Crippen LogP contribution in [0, 0.1) is 0 Å². The molecule has 0 saturated carbocycles. The predicted octanol–water partition coefficient (Wildman–Crippen LogP) is 10.6. The molecule has 0 atom stereocenters. The van der Waals surface area contributed by atoms with Crippen molar-refractivity contribution in [3.05, 3.63) is 164 Å². The average Bonchev–Trinajstić information content (AvgIpc) is 3.60. The number of fused-ring (bicyclic) bond motifs is 6. The van der Waals surface area contributed by atoms with Crippen LogP contribution in [0.1, 0.15) is 0 Å². The number of hydrogen-bond acceptors (Lipinski definition) is 1. The van der Waals surface area contributed by atoms with Crippen LogP contribution in [0.3, 0.4) is 0 Å². The Balaban J connectivity index is 1.40. The second-order valence-corrected chi connectivity index (χ2v) is 11.3. The summed E-state index contributed by atoms with van der Waals surface area (Å²) in [7, 11) is 0. The van der Waals surface area contributed by atoms with Crippen molar-refractivity contribution in [2.45, 2.75) is 0 Å². The fourth-order valence-corrected chi connectivity index (χ4v) is 6.72. The van der Waals surface area contributed by atoms with E-state index in [0.29, 0.717) is 0 Å². The van der Waals surface area contributed by atoms with E-state index in [1.807, 2.05) is 0 Å². The van der Waals surface area contributed by atoms with Crippen molar-refractivity contribution in [2.75, 3.05) is 0 Å². The largest absolute Gasteiger partial charge is 0.309 e. The van der Waals surface area contributed by atoms with E-state index in [4.69, 9.17) is 4.98 Å². The number of pyridine rings is 1. The van der Waals surface area contributed by atoms with Gasteiger partial charge in [-0.2, -0.15) is 0 Å². The fourth-order valence-electron chi connectivity index (χ4n) is 6.72. The molecule has 0 N–H and O–H groups in total. The molecule has 0 aliphatic heterocycles. The van der Waals surface area contributed by atoms with Gasteiger partial charge in [0.2, 0.25) is 0 Å². The van der Waals surface area contributed by atoms with E-state index in [-0.39, 0.29) is 0 Å². The number of para-hydroxylation sites is 3. The molecule has 0 radical (unpaired) electrons. The molecule has 0 aliphatic rings. The molecule has 3 aromatic heterocycles. The van der Waals surface area contributed by atoms with Gasteiger partial charge in [0, 0.05) is 32.8 Å². The molecule has 0 spiro atoms. The van der Waals surface area contributed by atoms with Crippen molar-refractivity contribution in [1.82, 2.24) is 14.1 Å². The maximum absolute atomic E-state index is 5.32. The molecule has 0 unspecified atom stereocenters. The summed E-state index contributed by atoms with van der Waals surface area (Å²) in [5, 5.41) is 4.88. The van der Waals surface area contributed by atoms with Gasteiger partial charge in [0.1, 0.15) is 5.82 Å². The lowest BCUT2D eigenvalue weighted by Gasteiger charge is -2.13. The van der Waals surface area contributed by atoms with Crippen molar-refractivity contribution < 1.29 is 0 Å². The molecule has 3 heteroatoms. The van der Waals surface area contributed by atoms with Crippen LogP contribution in [0.15, 0.2) is 164 Å². The van der Waals surface area contributed by atoms with Gasteiger partial charge in [-0.15, -0.1) is 0 Å². The van der Waals surface area contributed by atoms with Crippen LogP contribution in [-0.4, -0.2) is 14.1 Å². The van der Waals surface area contributed by atoms with Crippen molar-refractivity contribution in [1.29, 1.82) is 0 Å². The molecule has 9 rings (SSSR count). The van der Waals surface area contributed by atoms with E-state index < -0.39 is 0 Å². The van der Waals surface area contributed by atoms with Gasteiger partial charge >= 0.3 is 0 Å². The van der Waals surface area contributed by atoms with Gasteiger partial charge in [-0.05, 0) is 59.7 Å². The first-order valence-corrected chi connectivity index (χ1v) is 15.0. The van der Waals surface area contributed by atoms with Crippen molar-refractivity contribution in [3.8, 4) is 33.9 Å². The predicted molar refractivity (Wildman–Crippen MR) is 184 cm³/mol. The SMILES string of the molecule is c1ccc(-c2cc(-c3ccccc3)nc(-n3c4ccccc4c4cc5c(cc43)c3ccccc3n5-c3ccccc3)c2)cc1. The topological polar surface area (TPSA) is 22.8 Å². The Hall–Kier alpha value is -5.93. The Bertz CT molecular complexity index is 2410. The lowest BCUT2D eigenvalue weighted by atomic mass is 10.0. The maximum atomic E-state index is 5.32. The van der Waals surface area contributed by atoms with Crippen LogP contribution in [0.2, 0.25) is 0 Å². The normalized spacial score (nSPS) is 11.6. The standard InChI is InChI=1S/C41H27N3/c1-4-14-28(15-5-1)30-24-36(29-16-6-2-7-17-29)42-41(25-30)44-38-23-13-11-21-33(38)35-26-39-34(27-40(35)44)32-20-10-12-22-37(32)43(39)31-18-8-3-9-19-31/h1-27H. The second kappa shape index (κ2) is 9.82. The number of nitrogens with zero attached hydrogens (tertiary/aromatic N) is 3. The Labute approximate surface area is 254 Å². The molecular formula is C41H27N3. The Morgan fingerprint density at radius 2 is 0.841 bits per heavy atom. The van der Waals surface area contributed by atoms with E-state index >= 15 is 0 Å². The van der Waals surface area contributed by atoms with Gasteiger partial charge in [-0.25, -0.2) is 4.98 Å². The summed E-state index contributed by atoms with van der Waals surface area (Å²) < 4.78 is 4.73. The average molecular weight is 562 g/mol. The molecular weight excluding hydrogens is 534 g/mol. The molecule has 206 valence electrons. The first-order chi connectivity index (χ1) is 21.8. The summed E-state index contributed by atoms with van der Waals surface area (Å²) in [5.41, 5.74) is 10.2. The van der Waals surface area contributed by atoms with Gasteiger partial charge in [0.25, 0.3) is 0 Å². The van der Waals surface area contributed by atoms with E-state index in [9.17, 15) is 0 Å². The molecule has 0 saturated heterocycles. The Kier molecular flexibility index (Phi) is 5.50. The molecule has 0 amide bonds. The Morgan fingerprint density at radius 3 is 1.48 bits per heavy atom. The second-order valence-electron chi connectivity index (χ2n) is 11.3. The van der Waals surface area contributed by atoms with Crippen molar-refractivity contribution in [2.24, 2.45) is 0 Å². The van der Waals surface area contributed by atoms with Crippen LogP contribution in [-0.2, 0) is 0 Å². The number of rotatable bonds is 4. The third-order valence-electron chi connectivity index (χ3n) is 8.70. The van der Waals surface area contributed by atoms with E-state index in [0.717, 1.165) is 39.4 Å². The zero-order chi connectivity index (χ0) is 29.0. The number of benzene rings is 6. The highest BCUT2D eigenvalue weighted by Crippen LogP contribution is 2.40. The lowest BCUT2D eigenvalue weighted by molar-refractivity contribution is 1.08. The molecule has 3 heterocycles. The quantitative estimate of drug-likeness (QED) is 0.210. The molecule has 44 heavy (non-hydrogen) atoms. The van der Waals surface area contributed by atoms with Crippen molar-refractivity contribution >= 4 is 43.6 Å². The zero-order valence-corrected chi connectivity index (χ0v) is 23.9. The van der Waals surface area contributed by atoms with Gasteiger partial charge < -0.3 is 4.57 Å². The molecule has 9 aromatic rings. The van der Waals surface area contributed by atoms with Gasteiger partial charge in [-0.3, -0.25) is 4.57 Å². The first kappa shape index (κ1) is 24.6. The van der Waals surface area contributed by atoms with Crippen LogP contribution in [0.4, 0.5) is 0 Å². The van der Waals surface area contributed by atoms with Crippen LogP contribution < -0.4 is 0 Å². The minimum absolute atomic E-state index is 0.905. The summed E-state index contributed by atoms with van der Waals surface area (Å²) in [6.07, 6.45) is 0. The highest BCUT2D eigenvalue weighted by Gasteiger charge is 2.19. The maximum Gasteiger partial charge on any atom is 0.138 e. The third kappa shape index (κ3) is 3.80. The van der Waals surface area contributed by atoms with Crippen LogP contribution in [0.25, 0.3) is 77.5 Å². The molecule has 6 aromatic carbocycles. The van der Waals surface area contributed by atoms with Crippen molar-refractivity contribution in [3.63, 3.8) is 0 Å². The number of aromatic nitrogens is 3. The third-order valence-corrected chi connectivity index (χ3v) is 8.70. The summed E-state index contributed by atoms with van der Waals surface area (Å²) in [6, 6.07) is 58.3. The molecule has 3 nitrogen and oxygen atoms in total. The molecule has 0 bridgehead atoms. The van der Waals surface area contributed by atoms with Gasteiger partial charge in [0.05, 0.1) is 27.8 Å². The lowest BCUT2D eigenvalue weighted by Crippen LogP contribution is -2.00. The van der Waals surface area contributed by atoms with Gasteiger partial charge in [-0.1, -0.05) is 115 Å². The van der Waals surface area contributed by atoms with E-state index in [1.165, 1.54) is 38.1 Å². The minimum Gasteiger partial charge on any atom is -0.309 e. The van der Waals surface area contributed by atoms with Gasteiger partial charge in [0.15, 0.2) is 0 Å². The molecule has 0 aliphatic carbocycles.